The molecule has 2 aromatic carbocycles. The molecule has 119 heavy (non-hydrogen) atoms. The highest BCUT2D eigenvalue weighted by molar-refractivity contribution is 6.05. The van der Waals surface area contributed by atoms with Crippen LogP contribution < -0.4 is 91.6 Å². The summed E-state index contributed by atoms with van der Waals surface area (Å²) in [4.78, 5) is 277. The van der Waals surface area contributed by atoms with Crippen LogP contribution in [-0.4, -0.2) is 254 Å². The highest BCUT2D eigenvalue weighted by Crippen LogP contribution is 2.22. The minimum Gasteiger partial charge on any atom is -0.481 e. The number of nitrogens with one attached hydrogen (secondary N) is 16. The van der Waals surface area contributed by atoms with E-state index in [-0.39, 0.29) is 37.1 Å². The molecular formula is C74H105N19O26. The number of aromatic amines is 1. The summed E-state index contributed by atoms with van der Waals surface area (Å²) in [6.45, 7) is 1.03. The van der Waals surface area contributed by atoms with Crippen molar-refractivity contribution in [2.24, 2.45) is 17.4 Å². The maximum Gasteiger partial charge on any atom is 0.329 e. The largest absolute Gasteiger partial charge is 0.481 e. The predicted octanol–water partition coefficient (Wildman–Crippen LogP) is -5.71. The zero-order chi connectivity index (χ0) is 88.8. The molecule has 27 N–H and O–H groups in total. The molecule has 0 bridgehead atoms. The molecule has 1 saturated heterocycles. The van der Waals surface area contributed by atoms with Gasteiger partial charge >= 0.3 is 29.8 Å². The minimum atomic E-state index is -2.48. The second kappa shape index (κ2) is 49.5. The second-order valence-corrected chi connectivity index (χ2v) is 28.2. The molecule has 4 rings (SSSR count). The Hall–Kier alpha value is -13.4. The molecule has 0 radical (unpaired) electrons. The van der Waals surface area contributed by atoms with Crippen molar-refractivity contribution in [1.29, 1.82) is 5.41 Å². The van der Waals surface area contributed by atoms with Crippen molar-refractivity contribution in [1.82, 2.24) is 79.4 Å². The topological polar surface area (TPSA) is 738 Å². The average Bonchev–Trinajstić information content (AvgIpc) is 1.75. The third-order valence-corrected chi connectivity index (χ3v) is 18.4. The van der Waals surface area contributed by atoms with E-state index in [1.54, 1.807) is 30.5 Å². The van der Waals surface area contributed by atoms with Gasteiger partial charge in [-0.2, -0.15) is 0 Å². The van der Waals surface area contributed by atoms with E-state index in [0.29, 0.717) is 29.3 Å². The van der Waals surface area contributed by atoms with E-state index in [2.05, 4.69) is 70.4 Å². The standard InChI is InChI=1S/C74H105N19O26/c1-5-6-7-8-9-10-11-12-23-54(97)85-45(26-39-32-80-43-21-16-14-18-40(39)43)67(112)88-46(28-53(76)96)68(113)90-49(31-60(106)107)69(114)93-62-38(4)119-73(118)50(27-52(95)41-19-13-15-20-42(41)75)91-72(117)61(36(2)25-57(100)101)92-70(115)51(35-94)86-56(99)33-81-64(109)47(29-58(102)103)87-63(108)37(3)83-66(111)48(30-59(104)105)89-65(110)44(22-17-24-79-74(77)78)84-55(98)34-82-71(62)116/h13-16,18-21,32,36-38,44-51,61-62,80,94H,5-12,17,22-31,33-35,75H2,1-4H3,(H2,76,96)(H,81,109)(H,82,116)(H,83,111)(H,84,98)(H,85,97)(H,86,99)(H,87,108)(H,88,112)(H,89,110)(H,90,113)(H,91,117)(H,92,115)(H,93,114)(H,100,101)(H,102,103)(H,104,105)(H,106,107)(H4,77,78,79). The lowest BCUT2D eigenvalue weighted by Crippen LogP contribution is -2.62. The van der Waals surface area contributed by atoms with Crippen LogP contribution >= 0.6 is 0 Å². The summed E-state index contributed by atoms with van der Waals surface area (Å²) in [5.41, 5.74) is 17.8. The maximum atomic E-state index is 14.9. The Balaban J connectivity index is 1.89. The SMILES string of the molecule is CCCCCCCCCCC(=O)NC(Cc1c[nH]c2ccccc12)C(=O)NC(CC(N)=O)C(=O)NC(CC(=O)O)C(=O)NC1C(=O)NCC(=O)NC(CCCNC(=N)N)C(=O)NC(CC(=O)O)C(=O)NC(C)C(=O)NC(CC(=O)O)C(=O)NCC(=O)NC(CO)C(=O)NC(C(C)CC(=O)O)C(=O)NC(CC(=O)c2ccccc2N)C(=O)OC1C. The van der Waals surface area contributed by atoms with Gasteiger partial charge in [0.05, 0.1) is 51.8 Å². The number of hydrogen-bond acceptors (Lipinski definition) is 24. The van der Waals surface area contributed by atoms with Crippen LogP contribution in [0.5, 0.6) is 0 Å². The van der Waals surface area contributed by atoms with Crippen molar-refractivity contribution >= 4 is 141 Å². The van der Waals surface area contributed by atoms with Gasteiger partial charge in [-0.1, -0.05) is 89.1 Å². The number of hydrogen-bond donors (Lipinski definition) is 24. The van der Waals surface area contributed by atoms with Crippen molar-refractivity contribution in [3.05, 3.63) is 65.9 Å². The van der Waals surface area contributed by atoms with Crippen LogP contribution in [0.4, 0.5) is 5.69 Å². The van der Waals surface area contributed by atoms with Crippen LogP contribution in [0.3, 0.4) is 0 Å². The number of carbonyl (C=O) groups excluding carboxylic acids is 16. The van der Waals surface area contributed by atoms with Gasteiger partial charge in [0.2, 0.25) is 82.7 Å². The Morgan fingerprint density at radius 2 is 1.09 bits per heavy atom. The van der Waals surface area contributed by atoms with E-state index in [1.807, 2.05) is 16.0 Å². The normalized spacial score (nSPS) is 20.8. The first kappa shape index (κ1) is 98.0. The molecule has 0 spiro atoms. The van der Waals surface area contributed by atoms with Crippen LogP contribution in [0.15, 0.2) is 54.7 Å². The van der Waals surface area contributed by atoms with Crippen LogP contribution in [0.25, 0.3) is 10.9 Å². The molecule has 2 heterocycles. The van der Waals surface area contributed by atoms with E-state index in [0.717, 1.165) is 59.3 Å². The number of benzene rings is 2. The highest BCUT2D eigenvalue weighted by Gasteiger charge is 2.41. The summed E-state index contributed by atoms with van der Waals surface area (Å²) in [7, 11) is 0. The number of aliphatic hydroxyl groups excluding tert-OH is 1. The number of rotatable bonds is 37. The van der Waals surface area contributed by atoms with E-state index in [4.69, 9.17) is 27.3 Å². The van der Waals surface area contributed by atoms with Crippen LogP contribution in [-0.2, 0) is 102 Å². The fourth-order valence-electron chi connectivity index (χ4n) is 12.1. The molecule has 14 amide bonds. The van der Waals surface area contributed by atoms with Crippen LogP contribution in [0, 0.1) is 11.3 Å². The van der Waals surface area contributed by atoms with Crippen molar-refractivity contribution in [3.8, 4) is 0 Å². The van der Waals surface area contributed by atoms with Gasteiger partial charge in [-0.15, -0.1) is 0 Å². The number of cyclic esters (lactones) is 1. The Morgan fingerprint density at radius 1 is 0.555 bits per heavy atom. The molecule has 652 valence electrons. The number of esters is 1. The lowest BCUT2D eigenvalue weighted by Gasteiger charge is -2.30. The number of carbonyl (C=O) groups is 20. The van der Waals surface area contributed by atoms with Gasteiger partial charge in [0, 0.05) is 54.2 Å². The number of carboxylic acids is 4. The van der Waals surface area contributed by atoms with Gasteiger partial charge < -0.3 is 127 Å². The van der Waals surface area contributed by atoms with Gasteiger partial charge in [-0.3, -0.25) is 96.5 Å². The molecule has 45 heteroatoms. The number of ether oxygens (including phenoxy) is 1. The summed E-state index contributed by atoms with van der Waals surface area (Å²) >= 11 is 0. The maximum absolute atomic E-state index is 14.9. The van der Waals surface area contributed by atoms with Crippen LogP contribution in [0.2, 0.25) is 0 Å². The van der Waals surface area contributed by atoms with Crippen molar-refractivity contribution in [3.63, 3.8) is 0 Å². The second-order valence-electron chi connectivity index (χ2n) is 28.2. The number of primary amides is 1. The first-order chi connectivity index (χ1) is 56.2. The third-order valence-electron chi connectivity index (χ3n) is 18.4. The zero-order valence-electron chi connectivity index (χ0n) is 65.8. The monoisotopic (exact) mass is 1680 g/mol. The summed E-state index contributed by atoms with van der Waals surface area (Å²) in [5, 5.41) is 88.8. The lowest BCUT2D eigenvalue weighted by atomic mass is 9.96. The predicted molar refractivity (Wildman–Crippen MR) is 416 cm³/mol. The Labute approximate surface area is 680 Å². The quantitative estimate of drug-likeness (QED) is 0.00639. The number of amides is 14. The third kappa shape index (κ3) is 34.5. The van der Waals surface area contributed by atoms with Gasteiger partial charge in [-0.25, -0.2) is 4.79 Å². The summed E-state index contributed by atoms with van der Waals surface area (Å²) in [5.74, 6) is -30.6. The number of anilines is 1. The molecule has 1 aliphatic rings. The average molecular weight is 1680 g/mol. The number of carboxylic acid groups (broad SMARTS) is 4. The number of aliphatic carboxylic acids is 4. The summed E-state index contributed by atoms with van der Waals surface area (Å²) < 4.78 is 5.69. The number of fused-ring (bicyclic) bond motifs is 1. The number of Topliss-reactive ketones (excluding diaryl/α,β-unsaturated/α-hetero) is 1. The van der Waals surface area contributed by atoms with E-state index in [1.165, 1.54) is 24.3 Å². The number of guanidine groups is 1. The smallest absolute Gasteiger partial charge is 0.329 e. The number of aromatic nitrogens is 1. The number of nitrogens with two attached hydrogens (primary N) is 3. The molecule has 0 saturated carbocycles. The Bertz CT molecular complexity index is 4190. The molecule has 1 aromatic heterocycles. The molecular weight excluding hydrogens is 1570 g/mol. The number of ketones is 1. The fraction of sp³-hybridized carbons (Fsp3) is 0.527. The van der Waals surface area contributed by atoms with Crippen molar-refractivity contribution < 1.29 is 126 Å². The lowest BCUT2D eigenvalue weighted by molar-refractivity contribution is -0.156. The molecule has 13 atom stereocenters. The molecule has 0 aliphatic carbocycles. The number of nitrogen functional groups attached to an aromatic ring is 1. The first-order valence-electron chi connectivity index (χ1n) is 38.1. The van der Waals surface area contributed by atoms with E-state index < -0.39 is 267 Å². The van der Waals surface area contributed by atoms with Crippen LogP contribution in [0.1, 0.15) is 153 Å². The molecule has 45 nitrogen and oxygen atoms in total. The van der Waals surface area contributed by atoms with Gasteiger partial charge in [-0.05, 0) is 62.8 Å². The van der Waals surface area contributed by atoms with Gasteiger partial charge in [0.25, 0.3) is 0 Å². The molecule has 3 aromatic rings. The molecule has 1 fully saturated rings. The van der Waals surface area contributed by atoms with E-state index >= 15 is 0 Å². The summed E-state index contributed by atoms with van der Waals surface area (Å²) in [6.07, 6.45) is -1.50. The van der Waals surface area contributed by atoms with Crippen molar-refractivity contribution in [2.75, 3.05) is 32.0 Å². The number of H-pyrrole nitrogens is 1. The number of aliphatic hydroxyl groups is 1. The fourth-order valence-corrected chi connectivity index (χ4v) is 12.1. The van der Waals surface area contributed by atoms with Gasteiger partial charge in [0.1, 0.15) is 72.6 Å². The summed E-state index contributed by atoms with van der Waals surface area (Å²) in [6, 6.07) is -10.8. The van der Waals surface area contributed by atoms with E-state index in [9.17, 15) is 121 Å². The Morgan fingerprint density at radius 3 is 1.69 bits per heavy atom. The molecule has 1 aliphatic heterocycles. The first-order valence-corrected chi connectivity index (χ1v) is 38.1. The minimum absolute atomic E-state index is 0.0245. The zero-order valence-corrected chi connectivity index (χ0v) is 65.8. The van der Waals surface area contributed by atoms with Crippen molar-refractivity contribution in [2.45, 2.75) is 216 Å². The highest BCUT2D eigenvalue weighted by atomic mass is 16.5. The van der Waals surface area contributed by atoms with Gasteiger partial charge in [0.15, 0.2) is 11.7 Å². The number of para-hydroxylation sites is 2. The number of unbranched alkanes of at least 4 members (excludes halogenated alkanes) is 7. The molecule has 13 unspecified atom stereocenters. The Kier molecular flexibility index (Phi) is 40.8.